The van der Waals surface area contributed by atoms with E-state index in [1.807, 2.05) is 38.1 Å². The van der Waals surface area contributed by atoms with Crippen LogP contribution in [0.5, 0.6) is 0 Å². The van der Waals surface area contributed by atoms with E-state index in [2.05, 4.69) is 11.8 Å². The van der Waals surface area contributed by atoms with E-state index in [4.69, 9.17) is 23.8 Å². The molecule has 0 radical (unpaired) electrons. The number of benzene rings is 1. The van der Waals surface area contributed by atoms with Gasteiger partial charge < -0.3 is 4.90 Å². The summed E-state index contributed by atoms with van der Waals surface area (Å²) in [6.07, 6.45) is 2.05. The number of fused-ring (bicyclic) bond motifs is 1. The number of hydrogen-bond acceptors (Lipinski definition) is 7. The highest BCUT2D eigenvalue weighted by molar-refractivity contribution is 8.30. The van der Waals surface area contributed by atoms with Crippen molar-refractivity contribution in [3.8, 4) is 0 Å². The van der Waals surface area contributed by atoms with Gasteiger partial charge in [0.05, 0.1) is 15.2 Å². The first kappa shape index (κ1) is 22.7. The Balaban J connectivity index is 1.88. The van der Waals surface area contributed by atoms with Gasteiger partial charge in [-0.15, -0.1) is 11.3 Å². The number of allylic oxidation sites excluding steroid dienone is 1. The van der Waals surface area contributed by atoms with Crippen LogP contribution in [-0.2, 0) is 11.3 Å². The summed E-state index contributed by atoms with van der Waals surface area (Å²) in [4.78, 5) is 31.1. The van der Waals surface area contributed by atoms with Gasteiger partial charge in [0.15, 0.2) is 0 Å². The summed E-state index contributed by atoms with van der Waals surface area (Å²) in [5, 5.41) is 1.75. The Bertz CT molecular complexity index is 1330. The molecule has 3 heterocycles. The van der Waals surface area contributed by atoms with Gasteiger partial charge in [-0.1, -0.05) is 47.3 Å². The van der Waals surface area contributed by atoms with Crippen molar-refractivity contribution >= 4 is 85.1 Å². The number of thiocarbonyl (C=S) groups is 1. The minimum absolute atomic E-state index is 0.0789. The number of carbonyl (C=O) groups is 1. The summed E-state index contributed by atoms with van der Waals surface area (Å²) in [5.74, 6) is -0.156. The summed E-state index contributed by atoms with van der Waals surface area (Å²) >= 11 is 15.7. The number of anilines is 1. The Morgan fingerprint density at radius 1 is 1.19 bits per heavy atom. The van der Waals surface area contributed by atoms with Gasteiger partial charge in [0.25, 0.3) is 11.5 Å². The Morgan fingerprint density at radius 2 is 1.94 bits per heavy atom. The standard InChI is InChI=1S/C21H20ClN3O2S4/c1-5-24-13-10-12(22)7-8-14(13)29-15(24)9-11(3)16-19(27)25(6-2)20(30-16)17-18(26)23(4)21(28)31-17/h7-10H,5-6H2,1-4H3/b15-9+,16-11+,20-17-. The molecule has 1 aromatic heterocycles. The zero-order chi connectivity index (χ0) is 22.4. The molecule has 2 aliphatic rings. The molecule has 2 aromatic rings. The molecule has 0 bridgehead atoms. The summed E-state index contributed by atoms with van der Waals surface area (Å²) < 4.78 is 3.47. The van der Waals surface area contributed by atoms with Gasteiger partial charge in [-0.2, -0.15) is 0 Å². The third-order valence-corrected chi connectivity index (χ3v) is 9.40. The number of aromatic nitrogens is 1. The molecule has 4 rings (SSSR count). The third kappa shape index (κ3) is 3.91. The van der Waals surface area contributed by atoms with Crippen molar-refractivity contribution in [2.45, 2.75) is 32.2 Å². The maximum Gasteiger partial charge on any atom is 0.269 e. The SMILES string of the molecule is CCN1/C(=C\C(C)=c2\s/c(=C3\SC(=S)N(C)C3=O)n(CC)c2=O)Sc2ccc(Cl)cc21. The second-order valence-electron chi connectivity index (χ2n) is 6.97. The van der Waals surface area contributed by atoms with E-state index in [-0.39, 0.29) is 11.5 Å². The molecule has 1 amide bonds. The average Bonchev–Trinajstić information content (AvgIpc) is 3.34. The number of thiazole rings is 1. The van der Waals surface area contributed by atoms with Crippen molar-refractivity contribution < 1.29 is 4.79 Å². The average molecular weight is 510 g/mol. The van der Waals surface area contributed by atoms with Crippen molar-refractivity contribution in [3.63, 3.8) is 0 Å². The fraction of sp³-hybridized carbons (Fsp3) is 0.286. The molecule has 1 saturated heterocycles. The fourth-order valence-corrected chi connectivity index (χ4v) is 7.33. The van der Waals surface area contributed by atoms with E-state index in [0.717, 1.165) is 27.7 Å². The lowest BCUT2D eigenvalue weighted by Crippen LogP contribution is -2.33. The summed E-state index contributed by atoms with van der Waals surface area (Å²) in [6.45, 7) is 7.22. The van der Waals surface area contributed by atoms with Crippen molar-refractivity contribution in [2.24, 2.45) is 0 Å². The molecule has 1 aromatic carbocycles. The lowest BCUT2D eigenvalue weighted by molar-refractivity contribution is -0.119. The number of carbonyl (C=O) groups excluding carboxylic acids is 1. The van der Waals surface area contributed by atoms with Gasteiger partial charge in [0, 0.05) is 30.1 Å². The second kappa shape index (κ2) is 8.78. The molecule has 0 saturated carbocycles. The van der Waals surface area contributed by atoms with Gasteiger partial charge in [0.1, 0.15) is 13.9 Å². The van der Waals surface area contributed by atoms with Gasteiger partial charge in [-0.3, -0.25) is 19.1 Å². The van der Waals surface area contributed by atoms with Crippen LogP contribution < -0.4 is 19.7 Å². The van der Waals surface area contributed by atoms with Crippen molar-refractivity contribution in [2.75, 3.05) is 18.5 Å². The molecule has 162 valence electrons. The van der Waals surface area contributed by atoms with Gasteiger partial charge >= 0.3 is 0 Å². The maximum absolute atomic E-state index is 13.2. The molecule has 0 N–H and O–H groups in total. The predicted octanol–water partition coefficient (Wildman–Crippen LogP) is 3.83. The van der Waals surface area contributed by atoms with E-state index in [9.17, 15) is 9.59 Å². The van der Waals surface area contributed by atoms with Gasteiger partial charge in [0.2, 0.25) is 0 Å². The van der Waals surface area contributed by atoms with E-state index in [1.54, 1.807) is 23.4 Å². The minimum Gasteiger partial charge on any atom is -0.335 e. The Morgan fingerprint density at radius 3 is 2.55 bits per heavy atom. The van der Waals surface area contributed by atoms with Crippen LogP contribution in [-0.4, -0.2) is 33.3 Å². The molecule has 10 heteroatoms. The van der Waals surface area contributed by atoms with Crippen molar-refractivity contribution in [1.29, 1.82) is 0 Å². The van der Waals surface area contributed by atoms with Crippen LogP contribution in [0.3, 0.4) is 0 Å². The fourth-order valence-electron chi connectivity index (χ4n) is 3.44. The van der Waals surface area contributed by atoms with Crippen LogP contribution >= 0.6 is 58.7 Å². The molecule has 2 aliphatic heterocycles. The molecule has 0 spiro atoms. The first-order chi connectivity index (χ1) is 14.8. The molecule has 0 atom stereocenters. The Kier molecular flexibility index (Phi) is 6.42. The Labute approximate surface area is 203 Å². The predicted molar refractivity (Wildman–Crippen MR) is 137 cm³/mol. The Hall–Kier alpha value is -1.52. The lowest BCUT2D eigenvalue weighted by Gasteiger charge is -2.18. The van der Waals surface area contributed by atoms with E-state index < -0.39 is 0 Å². The number of rotatable bonds is 3. The highest BCUT2D eigenvalue weighted by atomic mass is 35.5. The molecule has 1 fully saturated rings. The van der Waals surface area contributed by atoms with Gasteiger partial charge in [-0.25, -0.2) is 0 Å². The number of nitrogens with zero attached hydrogens (tertiary/aromatic N) is 3. The second-order valence-corrected chi connectivity index (χ2v) is 11.1. The quantitative estimate of drug-likeness (QED) is 0.586. The molecule has 31 heavy (non-hydrogen) atoms. The normalized spacial score (nSPS) is 20.2. The van der Waals surface area contributed by atoms with E-state index >= 15 is 0 Å². The van der Waals surface area contributed by atoms with Crippen LogP contribution in [0, 0.1) is 0 Å². The topological polar surface area (TPSA) is 45.5 Å². The van der Waals surface area contributed by atoms with Crippen molar-refractivity contribution in [1.82, 2.24) is 9.47 Å². The highest BCUT2D eigenvalue weighted by Gasteiger charge is 2.31. The monoisotopic (exact) mass is 509 g/mol. The number of amides is 1. The molecule has 0 aliphatic carbocycles. The highest BCUT2D eigenvalue weighted by Crippen LogP contribution is 2.47. The van der Waals surface area contributed by atoms with Crippen LogP contribution in [0.2, 0.25) is 5.02 Å². The smallest absolute Gasteiger partial charge is 0.269 e. The molecule has 0 unspecified atom stereocenters. The van der Waals surface area contributed by atoms with Gasteiger partial charge in [-0.05, 0) is 50.6 Å². The number of hydrogen-bond donors (Lipinski definition) is 0. The van der Waals surface area contributed by atoms with E-state index in [1.165, 1.54) is 28.0 Å². The first-order valence-electron chi connectivity index (χ1n) is 9.68. The molecule has 5 nitrogen and oxygen atoms in total. The minimum atomic E-state index is -0.156. The lowest BCUT2D eigenvalue weighted by atomic mass is 10.2. The zero-order valence-electron chi connectivity index (χ0n) is 17.4. The van der Waals surface area contributed by atoms with Crippen molar-refractivity contribution in [3.05, 3.63) is 53.9 Å². The zero-order valence-corrected chi connectivity index (χ0v) is 21.4. The van der Waals surface area contributed by atoms with Crippen LogP contribution in [0.1, 0.15) is 20.8 Å². The van der Waals surface area contributed by atoms with Crippen LogP contribution in [0.4, 0.5) is 5.69 Å². The van der Waals surface area contributed by atoms with Crippen LogP contribution in [0.25, 0.3) is 10.5 Å². The summed E-state index contributed by atoms with van der Waals surface area (Å²) in [6, 6.07) is 5.88. The first-order valence-corrected chi connectivity index (χ1v) is 12.9. The van der Waals surface area contributed by atoms with Crippen LogP contribution in [0.15, 0.2) is 39.0 Å². The number of thioether (sulfide) groups is 2. The van der Waals surface area contributed by atoms with E-state index in [0.29, 0.717) is 30.0 Å². The molecular weight excluding hydrogens is 490 g/mol. The largest absolute Gasteiger partial charge is 0.335 e. The third-order valence-electron chi connectivity index (χ3n) is 5.06. The maximum atomic E-state index is 13.2. The summed E-state index contributed by atoms with van der Waals surface area (Å²) in [5.41, 5.74) is 1.87. The molecular formula is C21H20ClN3O2S4. The summed E-state index contributed by atoms with van der Waals surface area (Å²) in [7, 11) is 1.66. The number of halogens is 1.